The van der Waals surface area contributed by atoms with Gasteiger partial charge in [-0.1, -0.05) is 23.7 Å². The Kier molecular flexibility index (Phi) is 4.74. The van der Waals surface area contributed by atoms with Crippen LogP contribution in [0.5, 0.6) is 0 Å². The van der Waals surface area contributed by atoms with E-state index in [2.05, 4.69) is 15.3 Å². The number of H-pyrrole nitrogens is 1. The second kappa shape index (κ2) is 7.21. The number of nitrogens with zero attached hydrogens (tertiary/aromatic N) is 3. The number of fused-ring (bicyclic) bond motifs is 2. The highest BCUT2D eigenvalue weighted by Gasteiger charge is 2.12. The highest BCUT2D eigenvalue weighted by molar-refractivity contribution is 7.71. The van der Waals surface area contributed by atoms with E-state index in [1.165, 1.54) is 4.57 Å². The van der Waals surface area contributed by atoms with Gasteiger partial charge in [0, 0.05) is 25.0 Å². The van der Waals surface area contributed by atoms with Crippen LogP contribution in [0.2, 0.25) is 5.02 Å². The van der Waals surface area contributed by atoms with Crippen LogP contribution in [0.3, 0.4) is 0 Å². The average molecular weight is 414 g/mol. The van der Waals surface area contributed by atoms with Crippen molar-refractivity contribution in [2.75, 3.05) is 5.32 Å². The first-order valence-corrected chi connectivity index (χ1v) is 9.36. The molecule has 2 aromatic carbocycles. The van der Waals surface area contributed by atoms with Gasteiger partial charge in [0.05, 0.1) is 21.9 Å². The predicted molar refractivity (Wildman–Crippen MR) is 112 cm³/mol. The number of benzene rings is 2. The molecule has 0 spiro atoms. The lowest BCUT2D eigenvalue weighted by Crippen LogP contribution is -2.25. The minimum atomic E-state index is -0.265. The van der Waals surface area contributed by atoms with Crippen molar-refractivity contribution in [1.82, 2.24) is 19.1 Å². The number of hydrogen-bond donors (Lipinski definition) is 2. The molecular weight excluding hydrogens is 398 g/mol. The van der Waals surface area contributed by atoms with Gasteiger partial charge in [-0.15, -0.1) is 0 Å². The number of hydrogen-bond acceptors (Lipinski definition) is 4. The molecular formula is C19H16ClN5O2S. The van der Waals surface area contributed by atoms with Gasteiger partial charge >= 0.3 is 0 Å². The second-order valence-corrected chi connectivity index (χ2v) is 7.18. The molecule has 0 radical (unpaired) electrons. The highest BCUT2D eigenvalue weighted by Crippen LogP contribution is 2.21. The second-order valence-electron chi connectivity index (χ2n) is 6.36. The molecule has 0 fully saturated rings. The standard InChI is InChI=1S/C19H16ClN5O2S/c1-24-15-7-6-11(20)10-14(15)21-18(24)23-16(26)8-9-25-17(27)12-4-2-3-5-13(12)22-19(25)28/h2-7,10H,8-9H2,1H3,(H,22,28)(H,21,23,26). The number of anilines is 1. The summed E-state index contributed by atoms with van der Waals surface area (Å²) in [4.78, 5) is 32.5. The number of rotatable bonds is 4. The van der Waals surface area contributed by atoms with Crippen LogP contribution in [0.4, 0.5) is 5.95 Å². The quantitative estimate of drug-likeness (QED) is 0.500. The monoisotopic (exact) mass is 413 g/mol. The number of imidazole rings is 1. The van der Waals surface area contributed by atoms with E-state index in [-0.39, 0.29) is 29.2 Å². The maximum absolute atomic E-state index is 12.6. The molecule has 0 aliphatic carbocycles. The van der Waals surface area contributed by atoms with Gasteiger partial charge in [0.15, 0.2) is 4.77 Å². The van der Waals surface area contributed by atoms with Gasteiger partial charge in [0.1, 0.15) is 0 Å². The highest BCUT2D eigenvalue weighted by atomic mass is 35.5. The first-order chi connectivity index (χ1) is 13.4. The summed E-state index contributed by atoms with van der Waals surface area (Å²) in [5, 5.41) is 3.88. The van der Waals surface area contributed by atoms with Gasteiger partial charge < -0.3 is 9.55 Å². The molecule has 142 valence electrons. The van der Waals surface area contributed by atoms with E-state index < -0.39 is 0 Å². The van der Waals surface area contributed by atoms with Crippen LogP contribution < -0.4 is 10.9 Å². The Morgan fingerprint density at radius 1 is 1.29 bits per heavy atom. The number of nitrogens with one attached hydrogen (secondary N) is 2. The van der Waals surface area contributed by atoms with Gasteiger partial charge in [-0.05, 0) is 42.5 Å². The number of amides is 1. The van der Waals surface area contributed by atoms with Gasteiger partial charge in [-0.25, -0.2) is 4.98 Å². The molecule has 1 amide bonds. The molecule has 0 saturated heterocycles. The molecule has 4 rings (SSSR count). The lowest BCUT2D eigenvalue weighted by atomic mass is 10.2. The number of aryl methyl sites for hydroxylation is 1. The fraction of sp³-hybridized carbons (Fsp3) is 0.158. The zero-order chi connectivity index (χ0) is 19.8. The molecule has 7 nitrogen and oxygen atoms in total. The molecule has 28 heavy (non-hydrogen) atoms. The summed E-state index contributed by atoms with van der Waals surface area (Å²) in [6.45, 7) is 0.167. The summed E-state index contributed by atoms with van der Waals surface area (Å²) >= 11 is 11.3. The summed E-state index contributed by atoms with van der Waals surface area (Å²) in [5.41, 5.74) is 2.01. The van der Waals surface area contributed by atoms with E-state index in [4.69, 9.17) is 23.8 Å². The lowest BCUT2D eigenvalue weighted by molar-refractivity contribution is -0.116. The third kappa shape index (κ3) is 3.32. The van der Waals surface area contributed by atoms with Crippen LogP contribution >= 0.6 is 23.8 Å². The Balaban J connectivity index is 1.54. The van der Waals surface area contributed by atoms with Crippen LogP contribution in [0.15, 0.2) is 47.3 Å². The number of carbonyl (C=O) groups is 1. The molecule has 0 aliphatic rings. The molecule has 4 aromatic rings. The van der Waals surface area contributed by atoms with Crippen LogP contribution in [-0.4, -0.2) is 25.0 Å². The van der Waals surface area contributed by atoms with Crippen molar-refractivity contribution in [3.8, 4) is 0 Å². The summed E-state index contributed by atoms with van der Waals surface area (Å²) in [6, 6.07) is 12.5. The van der Waals surface area contributed by atoms with E-state index in [1.807, 2.05) is 19.2 Å². The molecule has 0 bridgehead atoms. The van der Waals surface area contributed by atoms with Crippen LogP contribution in [0, 0.1) is 4.77 Å². The van der Waals surface area contributed by atoms with Crippen molar-refractivity contribution >= 4 is 57.6 Å². The van der Waals surface area contributed by atoms with Crippen LogP contribution in [0.1, 0.15) is 6.42 Å². The van der Waals surface area contributed by atoms with Crippen LogP contribution in [0.25, 0.3) is 21.9 Å². The van der Waals surface area contributed by atoms with E-state index >= 15 is 0 Å². The van der Waals surface area contributed by atoms with E-state index in [1.54, 1.807) is 34.9 Å². The number of para-hydroxylation sites is 1. The van der Waals surface area contributed by atoms with E-state index in [0.29, 0.717) is 27.4 Å². The van der Waals surface area contributed by atoms with E-state index in [9.17, 15) is 9.59 Å². The number of carbonyl (C=O) groups excluding carboxylic acids is 1. The summed E-state index contributed by atoms with van der Waals surface area (Å²) in [7, 11) is 1.81. The Morgan fingerprint density at radius 3 is 2.89 bits per heavy atom. The third-order valence-electron chi connectivity index (χ3n) is 4.55. The lowest BCUT2D eigenvalue weighted by Gasteiger charge is -2.08. The normalized spacial score (nSPS) is 11.2. The maximum Gasteiger partial charge on any atom is 0.262 e. The Hall–Kier alpha value is -2.97. The van der Waals surface area contributed by atoms with Gasteiger partial charge in [-0.2, -0.15) is 0 Å². The van der Waals surface area contributed by atoms with Crippen molar-refractivity contribution in [1.29, 1.82) is 0 Å². The van der Waals surface area contributed by atoms with Gasteiger partial charge in [0.25, 0.3) is 5.56 Å². The number of aromatic amines is 1. The third-order valence-corrected chi connectivity index (χ3v) is 5.10. The molecule has 0 aliphatic heterocycles. The molecule has 0 unspecified atom stereocenters. The minimum Gasteiger partial charge on any atom is -0.332 e. The van der Waals surface area contributed by atoms with Gasteiger partial charge in [0.2, 0.25) is 11.9 Å². The van der Waals surface area contributed by atoms with Crippen molar-refractivity contribution in [3.63, 3.8) is 0 Å². The van der Waals surface area contributed by atoms with Crippen molar-refractivity contribution in [2.24, 2.45) is 7.05 Å². The Bertz CT molecular complexity index is 1340. The topological polar surface area (TPSA) is 84.7 Å². The summed E-state index contributed by atoms with van der Waals surface area (Å²) < 4.78 is 3.46. The maximum atomic E-state index is 12.6. The fourth-order valence-electron chi connectivity index (χ4n) is 3.09. The largest absolute Gasteiger partial charge is 0.332 e. The van der Waals surface area contributed by atoms with Crippen molar-refractivity contribution in [2.45, 2.75) is 13.0 Å². The predicted octanol–water partition coefficient (Wildman–Crippen LogP) is 3.63. The first kappa shape index (κ1) is 18.4. The summed E-state index contributed by atoms with van der Waals surface area (Å²) in [6.07, 6.45) is 0.0830. The molecule has 2 N–H and O–H groups in total. The smallest absolute Gasteiger partial charge is 0.262 e. The van der Waals surface area contributed by atoms with Gasteiger partial charge in [-0.3, -0.25) is 19.5 Å². The van der Waals surface area contributed by atoms with Crippen molar-refractivity contribution < 1.29 is 4.79 Å². The van der Waals surface area contributed by atoms with Crippen LogP contribution in [-0.2, 0) is 18.4 Å². The average Bonchev–Trinajstić information content (AvgIpc) is 2.96. The minimum absolute atomic E-state index is 0.0830. The fourth-order valence-corrected chi connectivity index (χ4v) is 3.54. The van der Waals surface area contributed by atoms with Crippen molar-refractivity contribution in [3.05, 3.63) is 62.6 Å². The Labute approximate surface area is 169 Å². The Morgan fingerprint density at radius 2 is 2.07 bits per heavy atom. The zero-order valence-corrected chi connectivity index (χ0v) is 16.5. The summed E-state index contributed by atoms with van der Waals surface area (Å²) in [5.74, 6) is 0.150. The zero-order valence-electron chi connectivity index (χ0n) is 14.9. The number of aromatic nitrogens is 4. The molecule has 2 heterocycles. The number of halogens is 1. The molecule has 0 atom stereocenters. The molecule has 9 heteroatoms. The molecule has 2 aromatic heterocycles. The molecule has 0 saturated carbocycles. The SMILES string of the molecule is Cn1c(NC(=O)CCn2c(=S)[nH]c3ccccc3c2=O)nc2cc(Cl)ccc21. The first-order valence-electron chi connectivity index (χ1n) is 8.58. The van der Waals surface area contributed by atoms with E-state index in [0.717, 1.165) is 5.52 Å².